The van der Waals surface area contributed by atoms with Crippen molar-refractivity contribution in [3.8, 4) is 0 Å². The van der Waals surface area contributed by atoms with Crippen LogP contribution in [0.4, 0.5) is 8.78 Å². The van der Waals surface area contributed by atoms with Gasteiger partial charge in [-0.15, -0.1) is 11.3 Å². The third-order valence-electron chi connectivity index (χ3n) is 1.49. The van der Waals surface area contributed by atoms with Gasteiger partial charge in [-0.1, -0.05) is 6.07 Å². The summed E-state index contributed by atoms with van der Waals surface area (Å²) in [5, 5.41) is 1.74. The van der Waals surface area contributed by atoms with Gasteiger partial charge in [-0.05, 0) is 11.4 Å². The van der Waals surface area contributed by atoms with Gasteiger partial charge in [0, 0.05) is 7.05 Å². The summed E-state index contributed by atoms with van der Waals surface area (Å²) in [6.07, 6.45) is -2.48. The summed E-state index contributed by atoms with van der Waals surface area (Å²) in [4.78, 5) is 12.9. The number of halogens is 2. The average molecular weight is 205 g/mol. The van der Waals surface area contributed by atoms with Gasteiger partial charge in [-0.25, -0.2) is 8.78 Å². The van der Waals surface area contributed by atoms with Crippen LogP contribution in [0.5, 0.6) is 0 Å². The normalized spacial score (nSPS) is 10.5. The zero-order valence-electron chi connectivity index (χ0n) is 7.04. The first-order valence-corrected chi connectivity index (χ1v) is 4.56. The number of thiophene rings is 1. The van der Waals surface area contributed by atoms with E-state index in [2.05, 4.69) is 0 Å². The number of amides is 1. The Morgan fingerprint density at radius 3 is 2.85 bits per heavy atom. The van der Waals surface area contributed by atoms with Crippen molar-refractivity contribution in [3.05, 3.63) is 22.4 Å². The van der Waals surface area contributed by atoms with Gasteiger partial charge < -0.3 is 4.90 Å². The van der Waals surface area contributed by atoms with E-state index in [1.54, 1.807) is 17.5 Å². The number of hydrogen-bond acceptors (Lipinski definition) is 2. The summed E-state index contributed by atoms with van der Waals surface area (Å²) >= 11 is 1.25. The lowest BCUT2D eigenvalue weighted by molar-refractivity contribution is 0.0624. The molecule has 0 N–H and O–H groups in total. The molecule has 0 spiro atoms. The van der Waals surface area contributed by atoms with E-state index in [0.29, 0.717) is 4.88 Å². The second-order valence-electron chi connectivity index (χ2n) is 2.55. The molecule has 1 aromatic heterocycles. The van der Waals surface area contributed by atoms with Crippen molar-refractivity contribution in [1.82, 2.24) is 4.90 Å². The van der Waals surface area contributed by atoms with Crippen molar-refractivity contribution in [2.75, 3.05) is 13.6 Å². The molecule has 0 saturated carbocycles. The molecule has 0 fully saturated rings. The number of nitrogens with zero attached hydrogens (tertiary/aromatic N) is 1. The molecule has 1 heterocycles. The second kappa shape index (κ2) is 4.32. The summed E-state index contributed by atoms with van der Waals surface area (Å²) in [5.41, 5.74) is 0. The van der Waals surface area contributed by atoms with Gasteiger partial charge >= 0.3 is 0 Å². The maximum Gasteiger partial charge on any atom is 0.263 e. The van der Waals surface area contributed by atoms with E-state index in [1.165, 1.54) is 18.4 Å². The van der Waals surface area contributed by atoms with E-state index in [-0.39, 0.29) is 5.91 Å². The highest BCUT2D eigenvalue weighted by atomic mass is 32.1. The fourth-order valence-electron chi connectivity index (χ4n) is 0.878. The van der Waals surface area contributed by atoms with Gasteiger partial charge in [0.1, 0.15) is 0 Å². The second-order valence-corrected chi connectivity index (χ2v) is 3.50. The molecule has 0 atom stereocenters. The van der Waals surface area contributed by atoms with Crippen LogP contribution in [0.3, 0.4) is 0 Å². The smallest absolute Gasteiger partial charge is 0.263 e. The number of carbonyl (C=O) groups excluding carboxylic acids is 1. The van der Waals surface area contributed by atoms with Gasteiger partial charge in [-0.3, -0.25) is 4.79 Å². The molecule has 1 amide bonds. The first kappa shape index (κ1) is 10.1. The Labute approximate surface area is 78.8 Å². The summed E-state index contributed by atoms with van der Waals surface area (Å²) in [7, 11) is 1.37. The minimum Gasteiger partial charge on any atom is -0.335 e. The molecule has 0 aliphatic carbocycles. The van der Waals surface area contributed by atoms with E-state index in [4.69, 9.17) is 0 Å². The van der Waals surface area contributed by atoms with Gasteiger partial charge in [0.25, 0.3) is 12.3 Å². The van der Waals surface area contributed by atoms with Crippen molar-refractivity contribution >= 4 is 17.2 Å². The summed E-state index contributed by atoms with van der Waals surface area (Å²) in [5.74, 6) is -0.352. The van der Waals surface area contributed by atoms with Gasteiger partial charge in [0.05, 0.1) is 11.4 Å². The van der Waals surface area contributed by atoms with Crippen LogP contribution in [0, 0.1) is 0 Å². The molecule has 1 aromatic rings. The lowest BCUT2D eigenvalue weighted by atomic mass is 10.4. The largest absolute Gasteiger partial charge is 0.335 e. The molecule has 0 aliphatic rings. The Hall–Kier alpha value is -0.970. The van der Waals surface area contributed by atoms with Crippen LogP contribution in [0.25, 0.3) is 0 Å². The topological polar surface area (TPSA) is 20.3 Å². The van der Waals surface area contributed by atoms with Crippen LogP contribution < -0.4 is 0 Å². The quantitative estimate of drug-likeness (QED) is 0.739. The Balaban J connectivity index is 2.58. The van der Waals surface area contributed by atoms with E-state index in [9.17, 15) is 13.6 Å². The van der Waals surface area contributed by atoms with E-state index >= 15 is 0 Å². The van der Waals surface area contributed by atoms with Crippen molar-refractivity contribution in [1.29, 1.82) is 0 Å². The maximum atomic E-state index is 11.9. The van der Waals surface area contributed by atoms with Gasteiger partial charge in [0.2, 0.25) is 0 Å². The standard InChI is InChI=1S/C8H9F2NOS/c1-11(5-7(9)10)8(12)6-3-2-4-13-6/h2-4,7H,5H2,1H3. The van der Waals surface area contributed by atoms with Crippen molar-refractivity contribution < 1.29 is 13.6 Å². The van der Waals surface area contributed by atoms with Gasteiger partial charge in [0.15, 0.2) is 0 Å². The molecular formula is C8H9F2NOS. The third-order valence-corrected chi connectivity index (χ3v) is 2.35. The summed E-state index contributed by atoms with van der Waals surface area (Å²) in [6, 6.07) is 3.34. The molecular weight excluding hydrogens is 196 g/mol. The van der Waals surface area contributed by atoms with Crippen LogP contribution in [0.1, 0.15) is 9.67 Å². The van der Waals surface area contributed by atoms with Crippen LogP contribution in [0.2, 0.25) is 0 Å². The van der Waals surface area contributed by atoms with Crippen molar-refractivity contribution in [3.63, 3.8) is 0 Å². The molecule has 72 valence electrons. The third kappa shape index (κ3) is 2.77. The first-order chi connectivity index (χ1) is 6.11. The lowest BCUT2D eigenvalue weighted by Gasteiger charge is -2.14. The average Bonchev–Trinajstić information content (AvgIpc) is 2.53. The lowest BCUT2D eigenvalue weighted by Crippen LogP contribution is -2.30. The molecule has 5 heteroatoms. The molecule has 0 saturated heterocycles. The Kier molecular flexibility index (Phi) is 3.36. The van der Waals surface area contributed by atoms with Crippen molar-refractivity contribution in [2.45, 2.75) is 6.43 Å². The monoisotopic (exact) mass is 205 g/mol. The Morgan fingerprint density at radius 2 is 2.38 bits per heavy atom. The van der Waals surface area contributed by atoms with E-state index < -0.39 is 13.0 Å². The first-order valence-electron chi connectivity index (χ1n) is 3.68. The van der Waals surface area contributed by atoms with Crippen LogP contribution in [-0.4, -0.2) is 30.8 Å². The Bertz CT molecular complexity index is 274. The van der Waals surface area contributed by atoms with E-state index in [0.717, 1.165) is 4.90 Å². The molecule has 0 bridgehead atoms. The summed E-state index contributed by atoms with van der Waals surface area (Å²) < 4.78 is 23.8. The highest BCUT2D eigenvalue weighted by molar-refractivity contribution is 7.12. The van der Waals surface area contributed by atoms with Gasteiger partial charge in [-0.2, -0.15) is 0 Å². The molecule has 0 radical (unpaired) electrons. The molecule has 0 aliphatic heterocycles. The van der Waals surface area contributed by atoms with E-state index in [1.807, 2.05) is 0 Å². The highest BCUT2D eigenvalue weighted by Gasteiger charge is 2.15. The predicted molar refractivity (Wildman–Crippen MR) is 47.3 cm³/mol. The zero-order chi connectivity index (χ0) is 9.84. The van der Waals surface area contributed by atoms with Crippen LogP contribution in [-0.2, 0) is 0 Å². The minimum atomic E-state index is -2.48. The number of alkyl halides is 2. The summed E-state index contributed by atoms with van der Waals surface area (Å²) in [6.45, 7) is -0.517. The number of rotatable bonds is 3. The molecule has 13 heavy (non-hydrogen) atoms. The molecule has 1 rings (SSSR count). The highest BCUT2D eigenvalue weighted by Crippen LogP contribution is 2.11. The van der Waals surface area contributed by atoms with Crippen LogP contribution in [0.15, 0.2) is 17.5 Å². The Morgan fingerprint density at radius 1 is 1.69 bits per heavy atom. The zero-order valence-corrected chi connectivity index (χ0v) is 7.85. The predicted octanol–water partition coefficient (Wildman–Crippen LogP) is 2.09. The number of hydrogen-bond donors (Lipinski definition) is 0. The maximum absolute atomic E-state index is 11.9. The molecule has 0 aromatic carbocycles. The minimum absolute atomic E-state index is 0.352. The molecule has 0 unspecified atom stereocenters. The van der Waals surface area contributed by atoms with Crippen molar-refractivity contribution in [2.24, 2.45) is 0 Å². The SMILES string of the molecule is CN(CC(F)F)C(=O)c1cccs1. The fraction of sp³-hybridized carbons (Fsp3) is 0.375. The fourth-order valence-corrected chi connectivity index (χ4v) is 1.60. The molecule has 2 nitrogen and oxygen atoms in total. The van der Waals surface area contributed by atoms with Crippen LogP contribution >= 0.6 is 11.3 Å². The number of carbonyl (C=O) groups is 1.